The van der Waals surface area contributed by atoms with Gasteiger partial charge in [-0.05, 0) is 85.2 Å². The Kier molecular flexibility index (Phi) is 20.6. The van der Waals surface area contributed by atoms with Gasteiger partial charge in [-0.3, -0.25) is 19.3 Å². The number of allylic oxidation sites excluding steroid dienone is 1. The third-order valence-electron chi connectivity index (χ3n) is 11.7. The molecule has 6 heteroatoms. The molecular formula is C41H76N2O3S. The Morgan fingerprint density at radius 3 is 1.91 bits per heavy atom. The molecule has 2 rings (SSSR count). The monoisotopic (exact) mass is 677 g/mol. The second-order valence-electron chi connectivity index (χ2n) is 15.1. The summed E-state index contributed by atoms with van der Waals surface area (Å²) < 4.78 is 0. The summed E-state index contributed by atoms with van der Waals surface area (Å²) in [7, 11) is -0.753. The molecule has 2 fully saturated rings. The van der Waals surface area contributed by atoms with Crippen LogP contribution in [0, 0.1) is 29.6 Å². The number of hydrogen-bond donors (Lipinski definition) is 1. The Hall–Kier alpha value is -1.30. The maximum Gasteiger partial charge on any atom is 0.233 e. The molecule has 1 aliphatic heterocycles. The molecule has 0 aromatic carbocycles. The lowest BCUT2D eigenvalue weighted by Crippen LogP contribution is -2.38. The number of nitrogens with zero attached hydrogens (tertiary/aromatic N) is 1. The Balaban J connectivity index is 2.20. The van der Waals surface area contributed by atoms with Gasteiger partial charge in [0.2, 0.25) is 17.7 Å². The first-order chi connectivity index (χ1) is 22.8. The number of rotatable bonds is 28. The number of carbonyl (C=O) groups is 3. The fraction of sp³-hybridized carbons (Fsp3) is 0.878. The van der Waals surface area contributed by atoms with Gasteiger partial charge in [-0.15, -0.1) is 6.58 Å². The van der Waals surface area contributed by atoms with Crippen molar-refractivity contribution in [2.45, 2.75) is 169 Å². The highest BCUT2D eigenvalue weighted by Gasteiger charge is 2.60. The highest BCUT2D eigenvalue weighted by molar-refractivity contribution is 8.34. The summed E-state index contributed by atoms with van der Waals surface area (Å²) in [5.41, 5.74) is 0. The molecule has 1 saturated carbocycles. The van der Waals surface area contributed by atoms with Crippen LogP contribution in [0.25, 0.3) is 0 Å². The van der Waals surface area contributed by atoms with Crippen molar-refractivity contribution in [3.05, 3.63) is 12.7 Å². The fourth-order valence-corrected chi connectivity index (χ4v) is 14.3. The van der Waals surface area contributed by atoms with E-state index in [1.54, 1.807) is 0 Å². The number of imide groups is 1. The van der Waals surface area contributed by atoms with Crippen molar-refractivity contribution in [2.24, 2.45) is 29.6 Å². The van der Waals surface area contributed by atoms with E-state index in [1.807, 2.05) is 6.08 Å². The van der Waals surface area contributed by atoms with Crippen molar-refractivity contribution in [3.8, 4) is 0 Å². The van der Waals surface area contributed by atoms with Crippen LogP contribution in [-0.2, 0) is 14.4 Å². The van der Waals surface area contributed by atoms with Crippen LogP contribution in [0.15, 0.2) is 12.7 Å². The van der Waals surface area contributed by atoms with Crippen LogP contribution in [0.4, 0.5) is 0 Å². The first kappa shape index (κ1) is 41.9. The van der Waals surface area contributed by atoms with Gasteiger partial charge in [0.1, 0.15) is 0 Å². The van der Waals surface area contributed by atoms with E-state index in [2.05, 4.69) is 53.4 Å². The number of hydrogen-bond acceptors (Lipinski definition) is 3. The van der Waals surface area contributed by atoms with Crippen LogP contribution in [-0.4, -0.2) is 58.2 Å². The van der Waals surface area contributed by atoms with Crippen LogP contribution in [0.1, 0.15) is 164 Å². The van der Waals surface area contributed by atoms with E-state index in [0.717, 1.165) is 24.5 Å². The maximum atomic E-state index is 13.7. The number of carbonyl (C=O) groups excluding carboxylic acids is 3. The van der Waals surface area contributed by atoms with Crippen molar-refractivity contribution in [1.29, 1.82) is 0 Å². The van der Waals surface area contributed by atoms with Crippen LogP contribution in [0.3, 0.4) is 0 Å². The largest absolute Gasteiger partial charge is 0.356 e. The van der Waals surface area contributed by atoms with Crippen molar-refractivity contribution in [1.82, 2.24) is 10.2 Å². The van der Waals surface area contributed by atoms with E-state index in [0.29, 0.717) is 12.5 Å². The van der Waals surface area contributed by atoms with Gasteiger partial charge in [0, 0.05) is 19.5 Å². The van der Waals surface area contributed by atoms with Crippen LogP contribution >= 0.6 is 10.0 Å². The van der Waals surface area contributed by atoms with Gasteiger partial charge in [-0.2, -0.15) is 0 Å². The van der Waals surface area contributed by atoms with Crippen molar-refractivity contribution >= 4 is 27.7 Å². The Labute approximate surface area is 292 Å². The zero-order valence-electron chi connectivity index (χ0n) is 31.8. The number of nitrogens with one attached hydrogen (secondary N) is 1. The summed E-state index contributed by atoms with van der Waals surface area (Å²) >= 11 is 0. The van der Waals surface area contributed by atoms with Gasteiger partial charge in [0.05, 0.1) is 11.8 Å². The zero-order chi connectivity index (χ0) is 34.7. The first-order valence-corrected chi connectivity index (χ1v) is 22.5. The summed E-state index contributed by atoms with van der Waals surface area (Å²) in [6, 6.07) is 0. The van der Waals surface area contributed by atoms with E-state index in [4.69, 9.17) is 0 Å². The smallest absolute Gasteiger partial charge is 0.233 e. The molecule has 1 heterocycles. The minimum Gasteiger partial charge on any atom is -0.356 e. The molecule has 1 N–H and O–H groups in total. The third kappa shape index (κ3) is 12.2. The summed E-state index contributed by atoms with van der Waals surface area (Å²) in [5, 5.41) is 3.81. The molecule has 6 unspecified atom stereocenters. The number of amides is 3. The molecule has 1 saturated heterocycles. The van der Waals surface area contributed by atoms with E-state index in [-0.39, 0.29) is 54.4 Å². The lowest BCUT2D eigenvalue weighted by Gasteiger charge is -2.48. The van der Waals surface area contributed by atoms with Gasteiger partial charge in [0.15, 0.2) is 0 Å². The fourth-order valence-electron chi connectivity index (χ4n) is 8.95. The van der Waals surface area contributed by atoms with Gasteiger partial charge in [-0.25, -0.2) is 10.0 Å². The third-order valence-corrected chi connectivity index (χ3v) is 16.9. The average molecular weight is 677 g/mol. The van der Waals surface area contributed by atoms with Gasteiger partial charge < -0.3 is 5.32 Å². The molecule has 3 amide bonds. The maximum absolute atomic E-state index is 13.7. The Bertz CT molecular complexity index is 910. The molecule has 0 spiro atoms. The minimum atomic E-state index is -0.753. The van der Waals surface area contributed by atoms with Crippen LogP contribution in [0.2, 0.25) is 0 Å². The number of fused-ring (bicyclic) bond motifs is 1. The highest BCUT2D eigenvalue weighted by Crippen LogP contribution is 2.59. The molecule has 47 heavy (non-hydrogen) atoms. The normalized spacial score (nSPS) is 23.7. The molecular weight excluding hydrogens is 601 g/mol. The van der Waals surface area contributed by atoms with Gasteiger partial charge in [0.25, 0.3) is 0 Å². The molecule has 6 atom stereocenters. The standard InChI is InChI=1S/C41H76N2O3S/c1-8-14-18-21-30-47(31-22-19-15-9-2,34(24-12-5)25-20-16-10-3)32-23-26-36-33(7)38-39(35(36)13-6)41(46)43(40(38)45)29-27-37(44)42-28-17-11-4/h13,33-36,38-39H,6,8-12,14-32H2,1-5,7H3,(H,42,44). The Morgan fingerprint density at radius 1 is 0.766 bits per heavy atom. The molecule has 274 valence electrons. The second-order valence-corrected chi connectivity index (χ2v) is 19.2. The summed E-state index contributed by atoms with van der Waals surface area (Å²) in [6.07, 6.45) is 25.4. The topological polar surface area (TPSA) is 66.5 Å². The van der Waals surface area contributed by atoms with E-state index in [1.165, 1.54) is 118 Å². The number of likely N-dealkylation sites (tertiary alicyclic amines) is 1. The molecule has 0 bridgehead atoms. The van der Waals surface area contributed by atoms with E-state index < -0.39 is 10.0 Å². The summed E-state index contributed by atoms with van der Waals surface area (Å²) in [6.45, 7) is 18.8. The lowest BCUT2D eigenvalue weighted by atomic mass is 9.84. The predicted octanol–water partition coefficient (Wildman–Crippen LogP) is 10.5. The quantitative estimate of drug-likeness (QED) is 0.0509. The van der Waals surface area contributed by atoms with Crippen molar-refractivity contribution in [2.75, 3.05) is 30.3 Å². The Morgan fingerprint density at radius 2 is 1.34 bits per heavy atom. The summed E-state index contributed by atoms with van der Waals surface area (Å²) in [4.78, 5) is 41.2. The van der Waals surface area contributed by atoms with E-state index in [9.17, 15) is 14.4 Å². The molecule has 0 aromatic rings. The van der Waals surface area contributed by atoms with Crippen LogP contribution in [0.5, 0.6) is 0 Å². The molecule has 2 aliphatic rings. The lowest BCUT2D eigenvalue weighted by molar-refractivity contribution is -0.141. The van der Waals surface area contributed by atoms with E-state index >= 15 is 0 Å². The second kappa shape index (κ2) is 23.2. The minimum absolute atomic E-state index is 0.0457. The highest BCUT2D eigenvalue weighted by atomic mass is 32.3. The molecule has 5 nitrogen and oxygen atoms in total. The van der Waals surface area contributed by atoms with Crippen molar-refractivity contribution < 1.29 is 14.4 Å². The predicted molar refractivity (Wildman–Crippen MR) is 205 cm³/mol. The van der Waals surface area contributed by atoms with Crippen molar-refractivity contribution in [3.63, 3.8) is 0 Å². The first-order valence-electron chi connectivity index (χ1n) is 20.3. The van der Waals surface area contributed by atoms with Gasteiger partial charge in [-0.1, -0.05) is 118 Å². The van der Waals surface area contributed by atoms with Crippen LogP contribution < -0.4 is 5.32 Å². The van der Waals surface area contributed by atoms with Gasteiger partial charge >= 0.3 is 0 Å². The molecule has 1 aliphatic carbocycles. The molecule has 0 aromatic heterocycles. The molecule has 0 radical (unpaired) electrons. The zero-order valence-corrected chi connectivity index (χ0v) is 32.6. The number of unbranched alkanes of at least 4 members (excludes halogenated alkanes) is 9. The average Bonchev–Trinajstić information content (AvgIpc) is 3.48. The SMILES string of the molecule is C=CC1C(CCCS(CCCCCC)(CCCCCC)C(CCC)CCCCC)C(C)C2C(=O)N(CCC(=O)NCCCC)C(=O)C12. The summed E-state index contributed by atoms with van der Waals surface area (Å²) in [5.74, 6) is 4.05.